The molecule has 2 bridgehead atoms. The highest BCUT2D eigenvalue weighted by molar-refractivity contribution is 7.92. The van der Waals surface area contributed by atoms with E-state index in [2.05, 4.69) is 15.4 Å². The second-order valence-electron chi connectivity index (χ2n) is 9.98. The molecule has 4 rings (SSSR count). The molecule has 0 spiro atoms. The molecule has 14 heteroatoms. The van der Waals surface area contributed by atoms with Crippen molar-refractivity contribution in [2.75, 3.05) is 19.0 Å². The van der Waals surface area contributed by atoms with Crippen LogP contribution in [0, 0.1) is 29.3 Å². The van der Waals surface area contributed by atoms with Gasteiger partial charge in [-0.05, 0) is 55.7 Å². The predicted octanol–water partition coefficient (Wildman–Crippen LogP) is 3.38. The number of amides is 2. The zero-order valence-electron chi connectivity index (χ0n) is 21.2. The van der Waals surface area contributed by atoms with Gasteiger partial charge in [0.2, 0.25) is 5.91 Å². The fourth-order valence-corrected chi connectivity index (χ4v) is 7.99. The van der Waals surface area contributed by atoms with Gasteiger partial charge < -0.3 is 20.5 Å². The Balaban J connectivity index is 1.51. The number of hydrogen-bond acceptors (Lipinski definition) is 7. The Morgan fingerprint density at radius 3 is 2.25 bits per heavy atom. The lowest BCUT2D eigenvalue weighted by molar-refractivity contribution is -0.143. The van der Waals surface area contributed by atoms with Crippen molar-refractivity contribution in [2.24, 2.45) is 11.8 Å². The van der Waals surface area contributed by atoms with E-state index in [4.69, 9.17) is 11.6 Å². The van der Waals surface area contributed by atoms with Gasteiger partial charge in [0.1, 0.15) is 6.54 Å². The Hall–Kier alpha value is -3.16. The number of nitrogens with one attached hydrogen (secondary N) is 2. The highest BCUT2D eigenvalue weighted by atomic mass is 35.5. The maximum atomic E-state index is 13.7. The van der Waals surface area contributed by atoms with Crippen molar-refractivity contribution in [3.63, 3.8) is 0 Å². The average molecular weight is 603 g/mol. The van der Waals surface area contributed by atoms with Crippen molar-refractivity contribution >= 4 is 44.9 Å². The van der Waals surface area contributed by atoms with Crippen LogP contribution in [0.5, 0.6) is 0 Å². The first kappa shape index (κ1) is 29.8. The number of ether oxygens (including phenoxy) is 1. The monoisotopic (exact) mass is 602 g/mol. The first-order valence-electron chi connectivity index (χ1n) is 12.3. The summed E-state index contributed by atoms with van der Waals surface area (Å²) in [5, 5.41) is 14.8. The average Bonchev–Trinajstić information content (AvgIpc) is 3.06. The van der Waals surface area contributed by atoms with Crippen LogP contribution in [-0.4, -0.2) is 55.8 Å². The second-order valence-corrected chi connectivity index (χ2v) is 12.6. The van der Waals surface area contributed by atoms with Crippen molar-refractivity contribution in [2.45, 2.75) is 47.9 Å². The van der Waals surface area contributed by atoms with Gasteiger partial charge in [-0.1, -0.05) is 11.6 Å². The summed E-state index contributed by atoms with van der Waals surface area (Å²) < 4.78 is 72.1. The first-order valence-corrected chi connectivity index (χ1v) is 14.2. The van der Waals surface area contributed by atoms with Gasteiger partial charge in [0.25, 0.3) is 5.91 Å². The summed E-state index contributed by atoms with van der Waals surface area (Å²) in [7, 11) is -2.95. The van der Waals surface area contributed by atoms with Crippen molar-refractivity contribution < 1.29 is 45.8 Å². The number of anilines is 1. The van der Waals surface area contributed by atoms with E-state index < -0.39 is 67.8 Å². The zero-order valence-corrected chi connectivity index (χ0v) is 22.8. The van der Waals surface area contributed by atoms with Crippen molar-refractivity contribution in [3.05, 3.63) is 58.4 Å². The lowest BCUT2D eigenvalue weighted by Crippen LogP contribution is -2.51. The number of esters is 1. The molecule has 0 aromatic heterocycles. The summed E-state index contributed by atoms with van der Waals surface area (Å²) in [6, 6.07) is 4.64. The van der Waals surface area contributed by atoms with Gasteiger partial charge in [0, 0.05) is 23.4 Å². The zero-order chi connectivity index (χ0) is 29.4. The Bertz CT molecular complexity index is 1430. The maximum Gasteiger partial charge on any atom is 0.325 e. The standard InChI is InChI=1S/C26H26ClF3N2O7S/c1-39-23(34)12-31-22(33)11-26(36)14-3-4-15(26)8-17(7-14)40(37,38)21-6-13(2-5-18(21)27)25(35)32-16-9-19(28)24(30)20(29)10-16/h2,5-6,9-10,14-15,17,36H,3-4,7-8,11-12H2,1H3,(H,31,33)(H,32,35)/t14?,15?,17-,26-. The summed E-state index contributed by atoms with van der Waals surface area (Å²) in [6.45, 7) is -0.356. The summed E-state index contributed by atoms with van der Waals surface area (Å²) in [5.41, 5.74) is -2.00. The van der Waals surface area contributed by atoms with Gasteiger partial charge in [-0.25, -0.2) is 21.6 Å². The summed E-state index contributed by atoms with van der Waals surface area (Å²) in [6.07, 6.45) is 0.783. The van der Waals surface area contributed by atoms with Crippen LogP contribution in [0.25, 0.3) is 0 Å². The summed E-state index contributed by atoms with van der Waals surface area (Å²) in [4.78, 5) is 36.1. The smallest absolute Gasteiger partial charge is 0.325 e. The molecule has 2 aromatic rings. The number of methoxy groups -OCH3 is 1. The maximum absolute atomic E-state index is 13.7. The topological polar surface area (TPSA) is 139 Å². The third-order valence-electron chi connectivity index (χ3n) is 7.65. The number of benzene rings is 2. The lowest BCUT2D eigenvalue weighted by Gasteiger charge is -2.42. The van der Waals surface area contributed by atoms with E-state index >= 15 is 0 Å². The highest BCUT2D eigenvalue weighted by Crippen LogP contribution is 2.53. The molecule has 2 aliphatic rings. The minimum atomic E-state index is -4.12. The van der Waals surface area contributed by atoms with E-state index in [9.17, 15) is 41.1 Å². The molecule has 2 aliphatic carbocycles. The Morgan fingerprint density at radius 2 is 1.68 bits per heavy atom. The van der Waals surface area contributed by atoms with E-state index in [1.165, 1.54) is 19.2 Å². The number of aliphatic hydroxyl groups is 1. The molecular formula is C26H26ClF3N2O7S. The number of halogens is 4. The molecule has 2 atom stereocenters. The molecule has 0 aliphatic heterocycles. The molecule has 2 fully saturated rings. The third-order valence-corrected chi connectivity index (χ3v) is 10.3. The largest absolute Gasteiger partial charge is 0.468 e. The van der Waals surface area contributed by atoms with E-state index in [0.29, 0.717) is 25.0 Å². The van der Waals surface area contributed by atoms with E-state index in [1.807, 2.05) is 0 Å². The Labute approximate surface area is 233 Å². The lowest BCUT2D eigenvalue weighted by atomic mass is 9.72. The molecule has 3 N–H and O–H groups in total. The van der Waals surface area contributed by atoms with Gasteiger partial charge >= 0.3 is 5.97 Å². The Morgan fingerprint density at radius 1 is 1.07 bits per heavy atom. The highest BCUT2D eigenvalue weighted by Gasteiger charge is 2.56. The summed E-state index contributed by atoms with van der Waals surface area (Å²) >= 11 is 6.22. The molecule has 0 heterocycles. The fourth-order valence-electron chi connectivity index (χ4n) is 5.59. The number of rotatable bonds is 8. The van der Waals surface area contributed by atoms with Crippen LogP contribution in [0.2, 0.25) is 5.02 Å². The summed E-state index contributed by atoms with van der Waals surface area (Å²) in [5.74, 6) is -7.86. The molecule has 2 saturated carbocycles. The van der Waals surface area contributed by atoms with Gasteiger partial charge in [0.05, 0.1) is 34.3 Å². The van der Waals surface area contributed by atoms with Gasteiger partial charge in [0.15, 0.2) is 27.3 Å². The molecule has 40 heavy (non-hydrogen) atoms. The minimum absolute atomic E-state index is 0.0422. The van der Waals surface area contributed by atoms with Gasteiger partial charge in [-0.2, -0.15) is 0 Å². The normalized spacial score (nSPS) is 23.9. The second kappa shape index (κ2) is 11.4. The van der Waals surface area contributed by atoms with E-state index in [-0.39, 0.29) is 47.0 Å². The quantitative estimate of drug-likeness (QED) is 0.311. The van der Waals surface area contributed by atoms with Crippen LogP contribution < -0.4 is 10.6 Å². The van der Waals surface area contributed by atoms with Gasteiger partial charge in [-0.15, -0.1) is 0 Å². The van der Waals surface area contributed by atoms with Crippen LogP contribution in [0.1, 0.15) is 42.5 Å². The number of sulfone groups is 1. The van der Waals surface area contributed by atoms with E-state index in [1.54, 1.807) is 0 Å². The molecule has 216 valence electrons. The van der Waals surface area contributed by atoms with Crippen LogP contribution in [0.15, 0.2) is 35.2 Å². The first-order chi connectivity index (χ1) is 18.8. The van der Waals surface area contributed by atoms with Crippen molar-refractivity contribution in [1.82, 2.24) is 5.32 Å². The predicted molar refractivity (Wildman–Crippen MR) is 137 cm³/mol. The molecule has 2 amide bonds. The van der Waals surface area contributed by atoms with Crippen LogP contribution >= 0.6 is 11.6 Å². The number of carbonyl (C=O) groups excluding carboxylic acids is 3. The molecule has 0 saturated heterocycles. The molecule has 0 radical (unpaired) electrons. The van der Waals surface area contributed by atoms with Crippen LogP contribution in [0.4, 0.5) is 18.9 Å². The number of fused-ring (bicyclic) bond motifs is 2. The van der Waals surface area contributed by atoms with Crippen LogP contribution in [-0.2, 0) is 24.2 Å². The van der Waals surface area contributed by atoms with Crippen LogP contribution in [0.3, 0.4) is 0 Å². The Kier molecular flexibility index (Phi) is 8.48. The molecule has 9 nitrogen and oxygen atoms in total. The number of hydrogen-bond donors (Lipinski definition) is 3. The fraction of sp³-hybridized carbons (Fsp3) is 0.423. The third kappa shape index (κ3) is 5.81. The molecule has 2 unspecified atom stereocenters. The number of carbonyl (C=O) groups is 3. The van der Waals surface area contributed by atoms with Crippen molar-refractivity contribution in [3.8, 4) is 0 Å². The van der Waals surface area contributed by atoms with Crippen molar-refractivity contribution in [1.29, 1.82) is 0 Å². The van der Waals surface area contributed by atoms with E-state index in [0.717, 1.165) is 6.07 Å². The molecule has 2 aromatic carbocycles. The molecular weight excluding hydrogens is 577 g/mol. The van der Waals surface area contributed by atoms with Gasteiger partial charge in [-0.3, -0.25) is 14.4 Å². The minimum Gasteiger partial charge on any atom is -0.468 e. The SMILES string of the molecule is COC(=O)CNC(=O)C[C@]1(O)C2CCC1C[C@@H](S(=O)(=O)c1cc(C(=O)Nc3cc(F)c(F)c(F)c3)ccc1Cl)C2.